The summed E-state index contributed by atoms with van der Waals surface area (Å²) in [4.78, 5) is 18.4. The highest BCUT2D eigenvalue weighted by Crippen LogP contribution is 2.34. The smallest absolute Gasteiger partial charge is 0.252 e. The third-order valence-electron chi connectivity index (χ3n) is 7.39. The number of aromatic amines is 1. The molecule has 1 saturated carbocycles. The Bertz CT molecular complexity index is 1460. The molecule has 1 N–H and O–H groups in total. The van der Waals surface area contributed by atoms with Gasteiger partial charge in [-0.25, -0.2) is 4.68 Å². The third-order valence-corrected chi connectivity index (χ3v) is 7.39. The lowest BCUT2D eigenvalue weighted by Gasteiger charge is -2.25. The number of tetrazole rings is 1. The molecule has 0 spiro atoms. The maximum atomic E-state index is 13.2. The summed E-state index contributed by atoms with van der Waals surface area (Å²) >= 11 is 0. The van der Waals surface area contributed by atoms with E-state index < -0.39 is 0 Å². The monoisotopic (exact) mass is 516 g/mol. The van der Waals surface area contributed by atoms with Crippen molar-refractivity contribution >= 4 is 10.9 Å². The lowest BCUT2D eigenvalue weighted by atomic mass is 9.95. The first-order valence-electron chi connectivity index (χ1n) is 13.2. The van der Waals surface area contributed by atoms with E-state index in [0.29, 0.717) is 56.0 Å². The quantitative estimate of drug-likeness (QED) is 0.375. The molecule has 198 valence electrons. The molecule has 4 aromatic rings. The van der Waals surface area contributed by atoms with Crippen molar-refractivity contribution in [2.24, 2.45) is 0 Å². The second kappa shape index (κ2) is 10.8. The molecule has 0 radical (unpaired) electrons. The van der Waals surface area contributed by atoms with Gasteiger partial charge in [0.25, 0.3) is 5.56 Å². The molecule has 0 bridgehead atoms. The molecule has 1 fully saturated rings. The Balaban J connectivity index is 1.30. The van der Waals surface area contributed by atoms with Crippen LogP contribution in [0.4, 0.5) is 0 Å². The van der Waals surface area contributed by atoms with Gasteiger partial charge in [0.2, 0.25) is 0 Å². The molecule has 0 amide bonds. The van der Waals surface area contributed by atoms with Crippen LogP contribution < -0.4 is 19.8 Å². The molecule has 1 aliphatic carbocycles. The van der Waals surface area contributed by atoms with Crippen LogP contribution in [0.3, 0.4) is 0 Å². The van der Waals surface area contributed by atoms with E-state index in [1.54, 1.807) is 7.11 Å². The topological polar surface area (TPSA) is 107 Å². The van der Waals surface area contributed by atoms with Gasteiger partial charge in [-0.2, -0.15) is 0 Å². The Morgan fingerprint density at radius 3 is 2.53 bits per heavy atom. The van der Waals surface area contributed by atoms with Gasteiger partial charge >= 0.3 is 0 Å². The van der Waals surface area contributed by atoms with Gasteiger partial charge in [0.15, 0.2) is 17.3 Å². The number of aromatic nitrogens is 5. The van der Waals surface area contributed by atoms with E-state index in [-0.39, 0.29) is 5.56 Å². The molecule has 1 aliphatic heterocycles. The molecule has 0 atom stereocenters. The maximum absolute atomic E-state index is 13.2. The van der Waals surface area contributed by atoms with E-state index in [9.17, 15) is 4.79 Å². The van der Waals surface area contributed by atoms with Crippen molar-refractivity contribution in [3.05, 3.63) is 69.8 Å². The largest absolute Gasteiger partial charge is 0.497 e. The van der Waals surface area contributed by atoms with Crippen LogP contribution in [0.15, 0.2) is 47.3 Å². The zero-order valence-electron chi connectivity index (χ0n) is 21.6. The Kier molecular flexibility index (Phi) is 6.96. The van der Waals surface area contributed by atoms with Gasteiger partial charge in [-0.15, -0.1) is 5.10 Å². The second-order valence-corrected chi connectivity index (χ2v) is 10.0. The minimum absolute atomic E-state index is 0.124. The van der Waals surface area contributed by atoms with Crippen molar-refractivity contribution in [1.29, 1.82) is 0 Å². The first kappa shape index (κ1) is 24.4. The summed E-state index contributed by atoms with van der Waals surface area (Å²) in [7, 11) is 1.66. The average Bonchev–Trinajstić information content (AvgIpc) is 3.41. The minimum Gasteiger partial charge on any atom is -0.497 e. The summed E-state index contributed by atoms with van der Waals surface area (Å²) in [5.74, 6) is 2.98. The molecule has 6 rings (SSSR count). The standard InChI is InChI=1S/C28H32N6O4/c1-36-23-9-7-19(8-10-23)16-33(18-27-30-31-32-34(27)22-5-3-2-4-6-22)17-21-13-20-14-25-26(38-12-11-37-25)15-24(20)29-28(21)35/h7-10,13-15,22H,2-6,11-12,16-18H2,1H3,(H,29,35). The molecular formula is C28H32N6O4. The van der Waals surface area contributed by atoms with E-state index in [0.717, 1.165) is 40.9 Å². The van der Waals surface area contributed by atoms with Crippen molar-refractivity contribution in [3.8, 4) is 17.2 Å². The summed E-state index contributed by atoms with van der Waals surface area (Å²) < 4.78 is 18.8. The lowest BCUT2D eigenvalue weighted by Crippen LogP contribution is -2.29. The highest BCUT2D eigenvalue weighted by atomic mass is 16.6. The Labute approximate surface area is 220 Å². The molecule has 10 nitrogen and oxygen atoms in total. The number of rotatable bonds is 8. The maximum Gasteiger partial charge on any atom is 0.252 e. The third kappa shape index (κ3) is 5.22. The highest BCUT2D eigenvalue weighted by Gasteiger charge is 2.22. The van der Waals surface area contributed by atoms with E-state index in [1.807, 2.05) is 47.1 Å². The van der Waals surface area contributed by atoms with Crippen molar-refractivity contribution in [1.82, 2.24) is 30.1 Å². The molecule has 0 unspecified atom stereocenters. The van der Waals surface area contributed by atoms with Gasteiger partial charge in [-0.3, -0.25) is 9.69 Å². The van der Waals surface area contributed by atoms with Gasteiger partial charge in [-0.1, -0.05) is 31.4 Å². The van der Waals surface area contributed by atoms with E-state index in [4.69, 9.17) is 14.2 Å². The number of pyridine rings is 1. The predicted molar refractivity (Wildman–Crippen MR) is 141 cm³/mol. The summed E-state index contributed by atoms with van der Waals surface area (Å²) in [6.07, 6.45) is 5.85. The average molecular weight is 517 g/mol. The fourth-order valence-corrected chi connectivity index (χ4v) is 5.43. The van der Waals surface area contributed by atoms with Crippen LogP contribution in [0.1, 0.15) is 55.1 Å². The Hall–Kier alpha value is -3.92. The summed E-state index contributed by atoms with van der Waals surface area (Å²) in [5, 5.41) is 13.6. The SMILES string of the molecule is COc1ccc(CN(Cc2cc3cc4c(cc3[nH]c2=O)OCCO4)Cc2nnnn2C2CCCCC2)cc1. The first-order chi connectivity index (χ1) is 18.7. The number of H-pyrrole nitrogens is 1. The van der Waals surface area contributed by atoms with Gasteiger partial charge in [-0.05, 0) is 53.1 Å². The second-order valence-electron chi connectivity index (χ2n) is 10.0. The summed E-state index contributed by atoms with van der Waals surface area (Å²) in [6.45, 7) is 2.60. The van der Waals surface area contributed by atoms with E-state index in [2.05, 4.69) is 25.4 Å². The number of hydrogen-bond acceptors (Lipinski definition) is 8. The molecule has 2 aliphatic rings. The fraction of sp³-hybridized carbons (Fsp3) is 0.429. The van der Waals surface area contributed by atoms with Gasteiger partial charge in [0, 0.05) is 30.1 Å². The van der Waals surface area contributed by atoms with Crippen LogP contribution in [0, 0.1) is 0 Å². The van der Waals surface area contributed by atoms with Gasteiger partial charge < -0.3 is 19.2 Å². The predicted octanol–water partition coefficient (Wildman–Crippen LogP) is 4.00. The molecule has 3 heterocycles. The van der Waals surface area contributed by atoms with Crippen molar-refractivity contribution < 1.29 is 14.2 Å². The van der Waals surface area contributed by atoms with E-state index >= 15 is 0 Å². The summed E-state index contributed by atoms with van der Waals surface area (Å²) in [5.41, 5.74) is 2.38. The molecule has 10 heteroatoms. The minimum atomic E-state index is -0.124. The first-order valence-corrected chi connectivity index (χ1v) is 13.2. The van der Waals surface area contributed by atoms with Crippen molar-refractivity contribution in [2.45, 2.75) is 57.8 Å². The normalized spacial score (nSPS) is 15.7. The van der Waals surface area contributed by atoms with Crippen molar-refractivity contribution in [3.63, 3.8) is 0 Å². The van der Waals surface area contributed by atoms with Crippen molar-refractivity contribution in [2.75, 3.05) is 20.3 Å². The van der Waals surface area contributed by atoms with E-state index in [1.165, 1.54) is 19.3 Å². The van der Waals surface area contributed by atoms with Gasteiger partial charge in [0.05, 0.1) is 25.2 Å². The highest BCUT2D eigenvalue weighted by molar-refractivity contribution is 5.83. The fourth-order valence-electron chi connectivity index (χ4n) is 5.43. The number of fused-ring (bicyclic) bond motifs is 2. The molecular weight excluding hydrogens is 484 g/mol. The number of hydrogen-bond donors (Lipinski definition) is 1. The Morgan fingerprint density at radius 2 is 1.76 bits per heavy atom. The molecule has 2 aromatic heterocycles. The number of nitrogens with one attached hydrogen (secondary N) is 1. The number of benzene rings is 2. The summed E-state index contributed by atoms with van der Waals surface area (Å²) in [6, 6.07) is 14.0. The van der Waals surface area contributed by atoms with Crippen LogP contribution in [-0.2, 0) is 19.6 Å². The van der Waals surface area contributed by atoms with Crippen LogP contribution >= 0.6 is 0 Å². The zero-order valence-corrected chi connectivity index (χ0v) is 21.6. The molecule has 0 saturated heterocycles. The lowest BCUT2D eigenvalue weighted by molar-refractivity contribution is 0.172. The molecule has 2 aromatic carbocycles. The number of nitrogens with zero attached hydrogens (tertiary/aromatic N) is 5. The zero-order chi connectivity index (χ0) is 25.9. The van der Waals surface area contributed by atoms with Crippen LogP contribution in [0.25, 0.3) is 10.9 Å². The van der Waals surface area contributed by atoms with Crippen LogP contribution in [-0.4, -0.2) is 50.4 Å². The van der Waals surface area contributed by atoms with Gasteiger partial charge in [0.1, 0.15) is 19.0 Å². The number of ether oxygens (including phenoxy) is 3. The number of methoxy groups -OCH3 is 1. The van der Waals surface area contributed by atoms with Crippen LogP contribution in [0.2, 0.25) is 0 Å². The molecule has 38 heavy (non-hydrogen) atoms. The Morgan fingerprint density at radius 1 is 1.00 bits per heavy atom. The van der Waals surface area contributed by atoms with Crippen LogP contribution in [0.5, 0.6) is 17.2 Å².